The van der Waals surface area contributed by atoms with Crippen molar-refractivity contribution in [3.8, 4) is 0 Å². The van der Waals surface area contributed by atoms with Crippen molar-refractivity contribution in [2.45, 2.75) is 18.4 Å². The van der Waals surface area contributed by atoms with Gasteiger partial charge in [-0.3, -0.25) is 4.98 Å². The Kier molecular flexibility index (Phi) is 3.92. The summed E-state index contributed by atoms with van der Waals surface area (Å²) in [5.41, 5.74) is 0.511. The number of hydrogen-bond acceptors (Lipinski definition) is 3. The normalized spacial score (nSPS) is 28.0. The molecular weight excluding hydrogens is 321 g/mol. The van der Waals surface area contributed by atoms with E-state index in [4.69, 9.17) is 0 Å². The molecule has 0 radical (unpaired) electrons. The van der Waals surface area contributed by atoms with Crippen LogP contribution in [0.15, 0.2) is 48.8 Å². The summed E-state index contributed by atoms with van der Waals surface area (Å²) in [6.07, 6.45) is 4.47. The van der Waals surface area contributed by atoms with Crippen molar-refractivity contribution in [1.29, 1.82) is 0 Å². The molecule has 3 atom stereocenters. The fourth-order valence-corrected chi connectivity index (χ4v) is 4.15. The van der Waals surface area contributed by atoms with Gasteiger partial charge in [0.25, 0.3) is 0 Å². The molecular formula is C19H20FN3O2. The molecule has 5 nitrogen and oxygen atoms in total. The molecule has 2 N–H and O–H groups in total. The van der Waals surface area contributed by atoms with Crippen molar-refractivity contribution in [3.63, 3.8) is 0 Å². The fourth-order valence-electron chi connectivity index (χ4n) is 4.15. The number of likely N-dealkylation sites (tertiary alicyclic amines) is 1. The van der Waals surface area contributed by atoms with Gasteiger partial charge in [-0.2, -0.15) is 0 Å². The standard InChI is InChI=1S/C19H20FN3O2/c20-16-5-3-15(4-6-16)19(25)8-13-11-23(12-14(13)9-19)18(24)22-17-2-1-7-21-10-17/h1-7,10,13-14,25H,8-9,11-12H2,(H,22,24)/t13-,14+,19?. The van der Waals surface area contributed by atoms with Crippen LogP contribution in [0.5, 0.6) is 0 Å². The highest BCUT2D eigenvalue weighted by atomic mass is 19.1. The van der Waals surface area contributed by atoms with Gasteiger partial charge >= 0.3 is 6.03 Å². The van der Waals surface area contributed by atoms with E-state index in [0.29, 0.717) is 31.6 Å². The van der Waals surface area contributed by atoms with E-state index in [9.17, 15) is 14.3 Å². The number of hydrogen-bond donors (Lipinski definition) is 2. The number of benzene rings is 1. The van der Waals surface area contributed by atoms with Gasteiger partial charge in [-0.1, -0.05) is 12.1 Å². The van der Waals surface area contributed by atoms with E-state index in [-0.39, 0.29) is 23.7 Å². The Balaban J connectivity index is 1.40. The lowest BCUT2D eigenvalue weighted by molar-refractivity contribution is 0.0328. The molecule has 0 bridgehead atoms. The van der Waals surface area contributed by atoms with Crippen LogP contribution in [0, 0.1) is 17.7 Å². The topological polar surface area (TPSA) is 65.5 Å². The number of fused-ring (bicyclic) bond motifs is 1. The summed E-state index contributed by atoms with van der Waals surface area (Å²) in [7, 11) is 0. The lowest BCUT2D eigenvalue weighted by atomic mass is 9.90. The number of anilines is 1. The molecule has 1 aliphatic carbocycles. The SMILES string of the molecule is O=C(Nc1cccnc1)N1C[C@@H]2CC(O)(c3ccc(F)cc3)C[C@@H]2C1. The Labute approximate surface area is 145 Å². The van der Waals surface area contributed by atoms with Crippen molar-refractivity contribution in [2.75, 3.05) is 18.4 Å². The first kappa shape index (κ1) is 16.0. The van der Waals surface area contributed by atoms with Crippen LogP contribution in [0.1, 0.15) is 18.4 Å². The van der Waals surface area contributed by atoms with E-state index in [0.717, 1.165) is 5.56 Å². The predicted octanol–water partition coefficient (Wildman–Crippen LogP) is 2.98. The number of amides is 2. The smallest absolute Gasteiger partial charge is 0.321 e. The molecule has 1 aromatic carbocycles. The molecule has 2 aromatic rings. The molecule has 2 amide bonds. The van der Waals surface area contributed by atoms with E-state index in [1.165, 1.54) is 12.1 Å². The van der Waals surface area contributed by atoms with Gasteiger partial charge in [0, 0.05) is 19.3 Å². The lowest BCUT2D eigenvalue weighted by Gasteiger charge is -2.26. The molecule has 2 fully saturated rings. The average molecular weight is 341 g/mol. The minimum atomic E-state index is -0.922. The van der Waals surface area contributed by atoms with Gasteiger partial charge in [-0.05, 0) is 54.5 Å². The maximum Gasteiger partial charge on any atom is 0.321 e. The number of aliphatic hydroxyl groups is 1. The second-order valence-corrected chi connectivity index (χ2v) is 7.04. The van der Waals surface area contributed by atoms with Gasteiger partial charge in [0.15, 0.2) is 0 Å². The Hall–Kier alpha value is -2.47. The van der Waals surface area contributed by atoms with E-state index in [1.807, 2.05) is 0 Å². The van der Waals surface area contributed by atoms with Crippen LogP contribution in [0.4, 0.5) is 14.9 Å². The molecule has 1 aromatic heterocycles. The zero-order valence-corrected chi connectivity index (χ0v) is 13.7. The van der Waals surface area contributed by atoms with Gasteiger partial charge in [-0.15, -0.1) is 0 Å². The monoisotopic (exact) mass is 341 g/mol. The number of rotatable bonds is 2. The Morgan fingerprint density at radius 1 is 1.20 bits per heavy atom. The second-order valence-electron chi connectivity index (χ2n) is 7.04. The molecule has 1 saturated carbocycles. The summed E-state index contributed by atoms with van der Waals surface area (Å²) >= 11 is 0. The van der Waals surface area contributed by atoms with Crippen LogP contribution < -0.4 is 5.32 Å². The third-order valence-corrected chi connectivity index (χ3v) is 5.36. The molecule has 1 unspecified atom stereocenters. The molecule has 2 heterocycles. The number of halogens is 1. The van der Waals surface area contributed by atoms with Gasteiger partial charge in [-0.25, -0.2) is 9.18 Å². The van der Waals surface area contributed by atoms with E-state index >= 15 is 0 Å². The first-order valence-electron chi connectivity index (χ1n) is 8.48. The zero-order chi connectivity index (χ0) is 17.4. The van der Waals surface area contributed by atoms with Crippen LogP contribution in [-0.4, -0.2) is 34.1 Å². The van der Waals surface area contributed by atoms with E-state index in [1.54, 1.807) is 41.6 Å². The molecule has 1 aliphatic heterocycles. The Morgan fingerprint density at radius 3 is 2.48 bits per heavy atom. The highest BCUT2D eigenvalue weighted by Crippen LogP contribution is 2.49. The Bertz CT molecular complexity index is 752. The second kappa shape index (κ2) is 6.11. The number of carbonyl (C=O) groups excluding carboxylic acids is 1. The predicted molar refractivity (Wildman–Crippen MR) is 91.3 cm³/mol. The van der Waals surface area contributed by atoms with Crippen LogP contribution in [0.3, 0.4) is 0 Å². The highest BCUT2D eigenvalue weighted by Gasteiger charge is 2.49. The zero-order valence-electron chi connectivity index (χ0n) is 13.7. The van der Waals surface area contributed by atoms with Gasteiger partial charge in [0.2, 0.25) is 0 Å². The summed E-state index contributed by atoms with van der Waals surface area (Å²) in [5, 5.41) is 13.8. The molecule has 2 aliphatic rings. The third kappa shape index (κ3) is 3.09. The first-order valence-corrected chi connectivity index (χ1v) is 8.48. The molecule has 130 valence electrons. The number of carbonyl (C=O) groups is 1. The summed E-state index contributed by atoms with van der Waals surface area (Å²) < 4.78 is 13.1. The summed E-state index contributed by atoms with van der Waals surface area (Å²) in [5.74, 6) is 0.216. The lowest BCUT2D eigenvalue weighted by Crippen LogP contribution is -2.35. The van der Waals surface area contributed by atoms with Gasteiger partial charge < -0.3 is 15.3 Å². The first-order chi connectivity index (χ1) is 12.0. The Morgan fingerprint density at radius 2 is 1.88 bits per heavy atom. The largest absolute Gasteiger partial charge is 0.385 e. The number of nitrogens with zero attached hydrogens (tertiary/aromatic N) is 2. The minimum absolute atomic E-state index is 0.132. The average Bonchev–Trinajstić information content (AvgIpc) is 3.12. The molecule has 25 heavy (non-hydrogen) atoms. The summed E-state index contributed by atoms with van der Waals surface area (Å²) in [6, 6.07) is 9.52. The maximum absolute atomic E-state index is 13.1. The van der Waals surface area contributed by atoms with Crippen molar-refractivity contribution in [2.24, 2.45) is 11.8 Å². The number of pyridine rings is 1. The van der Waals surface area contributed by atoms with E-state index in [2.05, 4.69) is 10.3 Å². The minimum Gasteiger partial charge on any atom is -0.385 e. The van der Waals surface area contributed by atoms with Gasteiger partial charge in [0.05, 0.1) is 17.5 Å². The molecule has 0 spiro atoms. The van der Waals surface area contributed by atoms with Crippen LogP contribution >= 0.6 is 0 Å². The van der Waals surface area contributed by atoms with Crippen molar-refractivity contribution >= 4 is 11.7 Å². The quantitative estimate of drug-likeness (QED) is 0.882. The third-order valence-electron chi connectivity index (χ3n) is 5.36. The number of aromatic nitrogens is 1. The van der Waals surface area contributed by atoms with Crippen LogP contribution in [0.2, 0.25) is 0 Å². The molecule has 6 heteroatoms. The highest BCUT2D eigenvalue weighted by molar-refractivity contribution is 5.89. The van der Waals surface area contributed by atoms with Crippen LogP contribution in [-0.2, 0) is 5.60 Å². The van der Waals surface area contributed by atoms with Crippen LogP contribution in [0.25, 0.3) is 0 Å². The number of nitrogens with one attached hydrogen (secondary N) is 1. The van der Waals surface area contributed by atoms with Crippen molar-refractivity contribution < 1.29 is 14.3 Å². The van der Waals surface area contributed by atoms with Crippen molar-refractivity contribution in [3.05, 3.63) is 60.2 Å². The van der Waals surface area contributed by atoms with Gasteiger partial charge in [0.1, 0.15) is 5.82 Å². The summed E-state index contributed by atoms with van der Waals surface area (Å²) in [4.78, 5) is 18.2. The fraction of sp³-hybridized carbons (Fsp3) is 0.368. The maximum atomic E-state index is 13.1. The molecule has 4 rings (SSSR count). The number of urea groups is 1. The van der Waals surface area contributed by atoms with Crippen molar-refractivity contribution in [1.82, 2.24) is 9.88 Å². The summed E-state index contributed by atoms with van der Waals surface area (Å²) in [6.45, 7) is 1.25. The molecule has 1 saturated heterocycles. The van der Waals surface area contributed by atoms with E-state index < -0.39 is 5.60 Å².